The molecule has 1 aromatic heterocycles. The fraction of sp³-hybridized carbons (Fsp3) is 0.286. The molecule has 0 unspecified atom stereocenters. The number of aromatic nitrogens is 2. The lowest BCUT2D eigenvalue weighted by Crippen LogP contribution is -2.25. The molecule has 2 rings (SSSR count). The van der Waals surface area contributed by atoms with E-state index in [9.17, 15) is 4.79 Å². The van der Waals surface area contributed by atoms with Crippen LogP contribution in [0.15, 0.2) is 46.1 Å². The van der Waals surface area contributed by atoms with E-state index in [1.54, 1.807) is 16.3 Å². The van der Waals surface area contributed by atoms with Crippen molar-refractivity contribution in [3.05, 3.63) is 57.7 Å². The Hall–Kier alpha value is -1.26. The Balaban J connectivity index is 2.06. The second kappa shape index (κ2) is 6.78. The largest absolute Gasteiger partial charge is 0.296 e. The van der Waals surface area contributed by atoms with Gasteiger partial charge in [0.05, 0.1) is 0 Å². The lowest BCUT2D eigenvalue weighted by molar-refractivity contribution is 0.658. The van der Waals surface area contributed by atoms with Crippen molar-refractivity contribution < 1.29 is 0 Å². The van der Waals surface area contributed by atoms with Crippen molar-refractivity contribution in [2.24, 2.45) is 0 Å². The van der Waals surface area contributed by atoms with E-state index in [4.69, 9.17) is 11.6 Å². The summed E-state index contributed by atoms with van der Waals surface area (Å²) >= 11 is 7.53. The van der Waals surface area contributed by atoms with Gasteiger partial charge in [0.25, 0.3) is 5.56 Å². The van der Waals surface area contributed by atoms with Crippen molar-refractivity contribution >= 4 is 23.4 Å². The molecule has 0 fully saturated rings. The topological polar surface area (TPSA) is 34.9 Å². The van der Waals surface area contributed by atoms with Crippen LogP contribution in [0.1, 0.15) is 12.7 Å². The first-order chi connectivity index (χ1) is 9.20. The van der Waals surface area contributed by atoms with E-state index in [1.165, 1.54) is 11.0 Å². The Morgan fingerprint density at radius 3 is 2.74 bits per heavy atom. The third-order valence-electron chi connectivity index (χ3n) is 2.70. The molecule has 1 aromatic carbocycles. The quantitative estimate of drug-likeness (QED) is 0.627. The highest BCUT2D eigenvalue weighted by Gasteiger charge is 2.06. The fourth-order valence-electron chi connectivity index (χ4n) is 1.80. The molecule has 0 saturated carbocycles. The van der Waals surface area contributed by atoms with Crippen molar-refractivity contribution in [3.8, 4) is 0 Å². The van der Waals surface area contributed by atoms with Crippen LogP contribution >= 0.6 is 23.4 Å². The third-order valence-corrected chi connectivity index (χ3v) is 3.88. The molecule has 0 bridgehead atoms. The molecule has 100 valence electrons. The van der Waals surface area contributed by atoms with Crippen molar-refractivity contribution in [2.75, 3.05) is 5.75 Å². The van der Waals surface area contributed by atoms with Crippen LogP contribution in [0.25, 0.3) is 0 Å². The minimum atomic E-state index is -0.0782. The number of hydrogen-bond acceptors (Lipinski definition) is 3. The number of halogens is 1. The first-order valence-corrected chi connectivity index (χ1v) is 7.51. The third kappa shape index (κ3) is 3.85. The van der Waals surface area contributed by atoms with E-state index in [2.05, 4.69) is 17.1 Å². The first kappa shape index (κ1) is 14.2. The molecular weight excluding hydrogens is 280 g/mol. The van der Waals surface area contributed by atoms with Crippen LogP contribution in [-0.4, -0.2) is 15.3 Å². The Labute approximate surface area is 121 Å². The lowest BCUT2D eigenvalue weighted by atomic mass is 10.4. The molecule has 0 N–H and O–H groups in total. The lowest BCUT2D eigenvalue weighted by Gasteiger charge is -2.10. The molecule has 0 saturated heterocycles. The van der Waals surface area contributed by atoms with Gasteiger partial charge in [-0.05, 0) is 12.1 Å². The van der Waals surface area contributed by atoms with Crippen LogP contribution in [0.3, 0.4) is 0 Å². The van der Waals surface area contributed by atoms with Crippen molar-refractivity contribution in [1.29, 1.82) is 0 Å². The summed E-state index contributed by atoms with van der Waals surface area (Å²) in [5, 5.41) is 0.272. The summed E-state index contributed by atoms with van der Waals surface area (Å²) in [4.78, 5) is 17.3. The number of aryl methyl sites for hydroxylation is 1. The number of rotatable bonds is 5. The normalized spacial score (nSPS) is 10.6. The number of hydrogen-bond donors (Lipinski definition) is 0. The minimum absolute atomic E-state index is 0.0782. The monoisotopic (exact) mass is 294 g/mol. The second-order valence-corrected chi connectivity index (χ2v) is 5.56. The predicted octanol–water partition coefficient (Wildman–Crippen LogP) is 3.25. The Bertz CT molecular complexity index is 598. The number of nitrogens with zero attached hydrogens (tertiary/aromatic N) is 2. The molecule has 0 aliphatic heterocycles. The molecule has 0 atom stereocenters. The van der Waals surface area contributed by atoms with E-state index < -0.39 is 0 Å². The highest BCUT2D eigenvalue weighted by Crippen LogP contribution is 2.17. The molecule has 5 heteroatoms. The summed E-state index contributed by atoms with van der Waals surface area (Å²) < 4.78 is 1.70. The van der Waals surface area contributed by atoms with E-state index in [-0.39, 0.29) is 10.7 Å². The van der Waals surface area contributed by atoms with Crippen molar-refractivity contribution in [3.63, 3.8) is 0 Å². The van der Waals surface area contributed by atoms with Gasteiger partial charge in [0.15, 0.2) is 0 Å². The summed E-state index contributed by atoms with van der Waals surface area (Å²) in [6.45, 7) is 2.62. The van der Waals surface area contributed by atoms with Crippen LogP contribution < -0.4 is 5.56 Å². The second-order valence-electron chi connectivity index (χ2n) is 4.00. The summed E-state index contributed by atoms with van der Waals surface area (Å²) in [7, 11) is 0. The highest BCUT2D eigenvalue weighted by molar-refractivity contribution is 7.99. The molecule has 0 amide bonds. The van der Waals surface area contributed by atoms with Crippen LogP contribution in [0.5, 0.6) is 0 Å². The van der Waals surface area contributed by atoms with Gasteiger partial charge in [-0.15, -0.1) is 11.8 Å². The van der Waals surface area contributed by atoms with Gasteiger partial charge in [-0.25, -0.2) is 4.98 Å². The molecule has 19 heavy (non-hydrogen) atoms. The zero-order chi connectivity index (χ0) is 13.7. The predicted molar refractivity (Wildman–Crippen MR) is 80.1 cm³/mol. The maximum absolute atomic E-state index is 11.9. The van der Waals surface area contributed by atoms with Crippen LogP contribution in [-0.2, 0) is 13.0 Å². The summed E-state index contributed by atoms with van der Waals surface area (Å²) in [6, 6.07) is 11.5. The Morgan fingerprint density at radius 2 is 2.05 bits per heavy atom. The Kier molecular flexibility index (Phi) is 5.05. The maximum atomic E-state index is 11.9. The molecule has 1 heterocycles. The standard InChI is InChI=1S/C14H15ClN2OS/c1-2-13-16-12(15)10-14(18)17(13)8-9-19-11-6-4-3-5-7-11/h3-7,10H,2,8-9H2,1H3. The summed E-state index contributed by atoms with van der Waals surface area (Å²) in [5.74, 6) is 1.58. The zero-order valence-electron chi connectivity index (χ0n) is 10.7. The molecule has 3 nitrogen and oxygen atoms in total. The van der Waals surface area contributed by atoms with E-state index in [0.717, 1.165) is 11.6 Å². The van der Waals surface area contributed by atoms with Gasteiger partial charge in [0, 0.05) is 29.7 Å². The fourth-order valence-corrected chi connectivity index (χ4v) is 2.85. The average molecular weight is 295 g/mol. The highest BCUT2D eigenvalue weighted by atomic mass is 35.5. The SMILES string of the molecule is CCc1nc(Cl)cc(=O)n1CCSc1ccccc1. The molecule has 0 spiro atoms. The molecule has 0 aliphatic rings. The molecule has 0 radical (unpaired) electrons. The van der Waals surface area contributed by atoms with Gasteiger partial charge in [-0.1, -0.05) is 36.7 Å². The number of thioether (sulfide) groups is 1. The zero-order valence-corrected chi connectivity index (χ0v) is 12.2. The van der Waals surface area contributed by atoms with Gasteiger partial charge in [-0.3, -0.25) is 9.36 Å². The van der Waals surface area contributed by atoms with E-state index >= 15 is 0 Å². The van der Waals surface area contributed by atoms with Gasteiger partial charge < -0.3 is 0 Å². The van der Waals surface area contributed by atoms with Gasteiger partial charge in [0.2, 0.25) is 0 Å². The van der Waals surface area contributed by atoms with Crippen LogP contribution in [0.2, 0.25) is 5.15 Å². The number of benzene rings is 1. The van der Waals surface area contributed by atoms with Crippen molar-refractivity contribution in [2.45, 2.75) is 24.8 Å². The van der Waals surface area contributed by atoms with Crippen LogP contribution in [0, 0.1) is 0 Å². The van der Waals surface area contributed by atoms with Gasteiger partial charge >= 0.3 is 0 Å². The maximum Gasteiger partial charge on any atom is 0.255 e. The Morgan fingerprint density at radius 1 is 1.32 bits per heavy atom. The van der Waals surface area contributed by atoms with Gasteiger partial charge in [0.1, 0.15) is 11.0 Å². The average Bonchev–Trinajstić information content (AvgIpc) is 2.42. The first-order valence-electron chi connectivity index (χ1n) is 6.15. The van der Waals surface area contributed by atoms with Crippen molar-refractivity contribution in [1.82, 2.24) is 9.55 Å². The summed E-state index contributed by atoms with van der Waals surface area (Å²) in [6.07, 6.45) is 0.700. The van der Waals surface area contributed by atoms with Crippen LogP contribution in [0.4, 0.5) is 0 Å². The van der Waals surface area contributed by atoms with E-state index in [0.29, 0.717) is 13.0 Å². The molecular formula is C14H15ClN2OS. The van der Waals surface area contributed by atoms with Gasteiger partial charge in [-0.2, -0.15) is 0 Å². The van der Waals surface area contributed by atoms with E-state index in [1.807, 2.05) is 25.1 Å². The molecule has 0 aliphatic carbocycles. The smallest absolute Gasteiger partial charge is 0.255 e. The summed E-state index contributed by atoms with van der Waals surface area (Å²) in [5.41, 5.74) is -0.0782. The molecule has 2 aromatic rings. The minimum Gasteiger partial charge on any atom is -0.296 e.